The van der Waals surface area contributed by atoms with Crippen molar-refractivity contribution in [2.24, 2.45) is 0 Å². The minimum Gasteiger partial charge on any atom is -0.488 e. The topological polar surface area (TPSA) is 79.1 Å². The molecule has 124 valence electrons. The first-order valence-electron chi connectivity index (χ1n) is 6.66. The molecular weight excluding hydrogens is 363 g/mol. The van der Waals surface area contributed by atoms with E-state index in [1.165, 1.54) is 17.8 Å². The molecule has 1 aromatic heterocycles. The Morgan fingerprint density at radius 3 is 2.87 bits per heavy atom. The van der Waals surface area contributed by atoms with Gasteiger partial charge in [0.05, 0.1) is 28.8 Å². The Balaban J connectivity index is 2.10. The highest BCUT2D eigenvalue weighted by Gasteiger charge is 2.18. The first kappa shape index (κ1) is 17.8. The molecule has 1 aromatic carbocycles. The van der Waals surface area contributed by atoms with Gasteiger partial charge in [0, 0.05) is 0 Å². The van der Waals surface area contributed by atoms with Crippen LogP contribution in [0.5, 0.6) is 5.75 Å². The molecule has 10 heteroatoms. The fraction of sp³-hybridized carbons (Fsp3) is 0.385. The number of carbonyl (C=O) groups excluding carboxylic acids is 1. The molecule has 1 heterocycles. The standard InChI is InChI=1S/C13H14Cl2N4O3S/c1-3-21-12(20)8-4-5-9(14)11(10(8)15)22-7-6-19-13(23-2)16-17-18-19/h4-5H,3,6-7H2,1-2H3. The highest BCUT2D eigenvalue weighted by Crippen LogP contribution is 2.36. The van der Waals surface area contributed by atoms with Crippen LogP contribution in [0.1, 0.15) is 17.3 Å². The summed E-state index contributed by atoms with van der Waals surface area (Å²) in [5.74, 6) is -0.290. The van der Waals surface area contributed by atoms with E-state index < -0.39 is 5.97 Å². The molecule has 7 nitrogen and oxygen atoms in total. The number of aromatic nitrogens is 4. The summed E-state index contributed by atoms with van der Waals surface area (Å²) in [7, 11) is 0. The molecule has 0 amide bonds. The number of tetrazole rings is 1. The molecule has 0 atom stereocenters. The molecule has 0 aliphatic carbocycles. The zero-order valence-electron chi connectivity index (χ0n) is 12.5. The lowest BCUT2D eigenvalue weighted by molar-refractivity contribution is 0.0526. The fourth-order valence-electron chi connectivity index (χ4n) is 1.75. The quantitative estimate of drug-likeness (QED) is 0.542. The molecule has 23 heavy (non-hydrogen) atoms. The number of carbonyl (C=O) groups is 1. The summed E-state index contributed by atoms with van der Waals surface area (Å²) in [5, 5.41) is 12.4. The van der Waals surface area contributed by atoms with Gasteiger partial charge in [0.2, 0.25) is 5.16 Å². The van der Waals surface area contributed by atoms with Gasteiger partial charge in [0.1, 0.15) is 6.61 Å². The second kappa shape index (κ2) is 8.37. The Hall–Kier alpha value is -1.51. The van der Waals surface area contributed by atoms with Crippen LogP contribution in [0.2, 0.25) is 10.0 Å². The minimum absolute atomic E-state index is 0.123. The zero-order chi connectivity index (χ0) is 16.8. The summed E-state index contributed by atoms with van der Waals surface area (Å²) in [6.07, 6.45) is 1.87. The number of nitrogens with zero attached hydrogens (tertiary/aromatic N) is 4. The number of rotatable bonds is 7. The van der Waals surface area contributed by atoms with Gasteiger partial charge in [-0.3, -0.25) is 0 Å². The number of esters is 1. The van der Waals surface area contributed by atoms with Gasteiger partial charge in [-0.25, -0.2) is 9.48 Å². The molecule has 2 aromatic rings. The van der Waals surface area contributed by atoms with Gasteiger partial charge >= 0.3 is 5.97 Å². The van der Waals surface area contributed by atoms with Crippen molar-refractivity contribution >= 4 is 40.9 Å². The third-order valence-electron chi connectivity index (χ3n) is 2.78. The van der Waals surface area contributed by atoms with Crippen molar-refractivity contribution in [1.82, 2.24) is 20.2 Å². The summed E-state index contributed by atoms with van der Waals surface area (Å²) < 4.78 is 12.2. The molecule has 0 saturated heterocycles. The highest BCUT2D eigenvalue weighted by atomic mass is 35.5. The van der Waals surface area contributed by atoms with Crippen LogP contribution in [0, 0.1) is 0 Å². The molecule has 0 saturated carbocycles. The Kier molecular flexibility index (Phi) is 6.49. The Bertz CT molecular complexity index is 696. The van der Waals surface area contributed by atoms with Crippen LogP contribution in [-0.4, -0.2) is 45.6 Å². The maximum atomic E-state index is 11.8. The third kappa shape index (κ3) is 4.27. The lowest BCUT2D eigenvalue weighted by Gasteiger charge is -2.12. The average molecular weight is 377 g/mol. The molecule has 0 unspecified atom stereocenters. The number of hydrogen-bond acceptors (Lipinski definition) is 7. The van der Waals surface area contributed by atoms with Gasteiger partial charge in [-0.2, -0.15) is 0 Å². The van der Waals surface area contributed by atoms with Gasteiger partial charge in [-0.1, -0.05) is 35.0 Å². The van der Waals surface area contributed by atoms with E-state index in [1.807, 2.05) is 6.26 Å². The van der Waals surface area contributed by atoms with Crippen LogP contribution in [0.4, 0.5) is 0 Å². The third-order valence-corrected chi connectivity index (χ3v) is 4.11. The van der Waals surface area contributed by atoms with Gasteiger partial charge in [-0.05, 0) is 35.7 Å². The number of benzene rings is 1. The van der Waals surface area contributed by atoms with E-state index in [0.29, 0.717) is 16.7 Å². The van der Waals surface area contributed by atoms with Crippen LogP contribution < -0.4 is 4.74 Å². The molecule has 0 spiro atoms. The molecular formula is C13H14Cl2N4O3S. The van der Waals surface area contributed by atoms with Gasteiger partial charge in [0.15, 0.2) is 5.75 Å². The first-order valence-corrected chi connectivity index (χ1v) is 8.64. The fourth-order valence-corrected chi connectivity index (χ4v) is 2.76. The molecule has 0 fully saturated rings. The Morgan fingerprint density at radius 1 is 1.39 bits per heavy atom. The number of halogens is 2. The van der Waals surface area contributed by atoms with Crippen molar-refractivity contribution in [3.05, 3.63) is 27.7 Å². The van der Waals surface area contributed by atoms with Crippen LogP contribution >= 0.6 is 35.0 Å². The summed E-state index contributed by atoms with van der Waals surface area (Å²) in [4.78, 5) is 11.8. The lowest BCUT2D eigenvalue weighted by atomic mass is 10.2. The monoisotopic (exact) mass is 376 g/mol. The Morgan fingerprint density at radius 2 is 2.17 bits per heavy atom. The zero-order valence-corrected chi connectivity index (χ0v) is 14.8. The van der Waals surface area contributed by atoms with E-state index in [4.69, 9.17) is 32.7 Å². The smallest absolute Gasteiger partial charge is 0.339 e. The summed E-state index contributed by atoms with van der Waals surface area (Å²) in [6, 6.07) is 3.04. The largest absolute Gasteiger partial charge is 0.488 e. The molecule has 2 rings (SSSR count). The van der Waals surface area contributed by atoms with E-state index in [9.17, 15) is 4.79 Å². The number of ether oxygens (including phenoxy) is 2. The normalized spacial score (nSPS) is 10.6. The van der Waals surface area contributed by atoms with Gasteiger partial charge in [-0.15, -0.1) is 5.10 Å². The van der Waals surface area contributed by atoms with E-state index >= 15 is 0 Å². The lowest BCUT2D eigenvalue weighted by Crippen LogP contribution is -2.12. The van der Waals surface area contributed by atoms with Crippen molar-refractivity contribution in [2.75, 3.05) is 19.5 Å². The van der Waals surface area contributed by atoms with Gasteiger partial charge < -0.3 is 9.47 Å². The van der Waals surface area contributed by atoms with E-state index in [2.05, 4.69) is 15.5 Å². The van der Waals surface area contributed by atoms with Gasteiger partial charge in [0.25, 0.3) is 0 Å². The predicted octanol–water partition coefficient (Wildman–Crippen LogP) is 2.96. The summed E-state index contributed by atoms with van der Waals surface area (Å²) in [6.45, 7) is 2.63. The SMILES string of the molecule is CCOC(=O)c1ccc(Cl)c(OCCn2nnnc2SC)c1Cl. The summed E-state index contributed by atoms with van der Waals surface area (Å²) >= 11 is 13.7. The Labute approximate surface area is 147 Å². The highest BCUT2D eigenvalue weighted by molar-refractivity contribution is 7.98. The first-order chi connectivity index (χ1) is 11.1. The molecule has 0 radical (unpaired) electrons. The van der Waals surface area contributed by atoms with Crippen molar-refractivity contribution in [2.45, 2.75) is 18.6 Å². The second-order valence-electron chi connectivity index (χ2n) is 4.20. The molecule has 0 N–H and O–H groups in total. The van der Waals surface area contributed by atoms with Crippen LogP contribution in [-0.2, 0) is 11.3 Å². The maximum Gasteiger partial charge on any atom is 0.339 e. The van der Waals surface area contributed by atoms with E-state index in [0.717, 1.165) is 0 Å². The molecule has 0 bridgehead atoms. The number of thioether (sulfide) groups is 1. The van der Waals surface area contributed by atoms with Crippen LogP contribution in [0.15, 0.2) is 17.3 Å². The molecule has 0 aliphatic rings. The van der Waals surface area contributed by atoms with Crippen molar-refractivity contribution in [3.8, 4) is 5.75 Å². The van der Waals surface area contributed by atoms with Crippen molar-refractivity contribution in [3.63, 3.8) is 0 Å². The maximum absolute atomic E-state index is 11.8. The predicted molar refractivity (Wildman–Crippen MR) is 87.5 cm³/mol. The van der Waals surface area contributed by atoms with Crippen LogP contribution in [0.25, 0.3) is 0 Å². The number of hydrogen-bond donors (Lipinski definition) is 0. The second-order valence-corrected chi connectivity index (χ2v) is 5.75. The average Bonchev–Trinajstić information content (AvgIpc) is 2.98. The summed E-state index contributed by atoms with van der Waals surface area (Å²) in [5.41, 5.74) is 0.208. The van der Waals surface area contributed by atoms with Crippen molar-refractivity contribution < 1.29 is 14.3 Å². The van der Waals surface area contributed by atoms with Crippen molar-refractivity contribution in [1.29, 1.82) is 0 Å². The molecule has 0 aliphatic heterocycles. The van der Waals surface area contributed by atoms with E-state index in [-0.39, 0.29) is 29.5 Å². The van der Waals surface area contributed by atoms with Crippen LogP contribution in [0.3, 0.4) is 0 Å². The minimum atomic E-state index is -0.524. The van der Waals surface area contributed by atoms with E-state index in [1.54, 1.807) is 17.7 Å².